The summed E-state index contributed by atoms with van der Waals surface area (Å²) in [5, 5.41) is 0. The minimum Gasteiger partial charge on any atom is -0.493 e. The van der Waals surface area contributed by atoms with Crippen LogP contribution in [0.3, 0.4) is 0 Å². The summed E-state index contributed by atoms with van der Waals surface area (Å²) in [6.07, 6.45) is 3.16. The Morgan fingerprint density at radius 2 is 1.73 bits per heavy atom. The molecule has 0 aliphatic heterocycles. The SMILES string of the molecule is Cc1ccc(OCCC(=O)NNC(=O)c2ccncc2)cc1. The van der Waals surface area contributed by atoms with Gasteiger partial charge in [-0.2, -0.15) is 0 Å². The van der Waals surface area contributed by atoms with E-state index in [2.05, 4.69) is 15.8 Å². The van der Waals surface area contributed by atoms with Crippen LogP contribution < -0.4 is 15.6 Å². The zero-order valence-corrected chi connectivity index (χ0v) is 12.2. The first kappa shape index (κ1) is 15.5. The standard InChI is InChI=1S/C16H17N3O3/c1-12-2-4-14(5-3-12)22-11-8-15(20)18-19-16(21)13-6-9-17-10-7-13/h2-7,9-10H,8,11H2,1H3,(H,18,20)(H,19,21). The van der Waals surface area contributed by atoms with E-state index in [1.54, 1.807) is 12.1 Å². The molecule has 2 rings (SSSR count). The molecule has 0 unspecified atom stereocenters. The van der Waals surface area contributed by atoms with Gasteiger partial charge in [-0.1, -0.05) is 17.7 Å². The molecule has 114 valence electrons. The van der Waals surface area contributed by atoms with E-state index in [0.29, 0.717) is 11.3 Å². The highest BCUT2D eigenvalue weighted by atomic mass is 16.5. The normalized spacial score (nSPS) is 9.86. The largest absolute Gasteiger partial charge is 0.493 e. The van der Waals surface area contributed by atoms with Gasteiger partial charge in [0.05, 0.1) is 13.0 Å². The second kappa shape index (κ2) is 7.78. The van der Waals surface area contributed by atoms with Crippen LogP contribution in [-0.4, -0.2) is 23.4 Å². The van der Waals surface area contributed by atoms with Crippen LogP contribution in [0.5, 0.6) is 5.75 Å². The number of nitrogens with one attached hydrogen (secondary N) is 2. The average Bonchev–Trinajstić information content (AvgIpc) is 2.55. The van der Waals surface area contributed by atoms with E-state index in [0.717, 1.165) is 5.56 Å². The van der Waals surface area contributed by atoms with Gasteiger partial charge in [0.2, 0.25) is 5.91 Å². The van der Waals surface area contributed by atoms with Crippen LogP contribution in [0.25, 0.3) is 0 Å². The number of pyridine rings is 1. The maximum atomic E-state index is 11.7. The maximum Gasteiger partial charge on any atom is 0.269 e. The summed E-state index contributed by atoms with van der Waals surface area (Å²) in [5.41, 5.74) is 6.24. The molecule has 2 N–H and O–H groups in total. The van der Waals surface area contributed by atoms with Crippen LogP contribution in [-0.2, 0) is 4.79 Å². The second-order valence-corrected chi connectivity index (χ2v) is 4.65. The van der Waals surface area contributed by atoms with Gasteiger partial charge in [0.25, 0.3) is 5.91 Å². The number of amides is 2. The van der Waals surface area contributed by atoms with Gasteiger partial charge in [-0.15, -0.1) is 0 Å². The lowest BCUT2D eigenvalue weighted by molar-refractivity contribution is -0.122. The molecule has 0 bridgehead atoms. The predicted molar refractivity (Wildman–Crippen MR) is 81.1 cm³/mol. The van der Waals surface area contributed by atoms with E-state index >= 15 is 0 Å². The van der Waals surface area contributed by atoms with Crippen LogP contribution in [0.1, 0.15) is 22.3 Å². The van der Waals surface area contributed by atoms with Crippen molar-refractivity contribution in [2.45, 2.75) is 13.3 Å². The predicted octanol–water partition coefficient (Wildman–Crippen LogP) is 1.62. The molecule has 2 amide bonds. The van der Waals surface area contributed by atoms with Crippen LogP contribution in [0, 0.1) is 6.92 Å². The fourth-order valence-electron chi connectivity index (χ4n) is 1.66. The first-order chi connectivity index (χ1) is 10.6. The molecule has 0 atom stereocenters. The Balaban J connectivity index is 1.68. The maximum absolute atomic E-state index is 11.7. The molecule has 1 heterocycles. The van der Waals surface area contributed by atoms with Crippen LogP contribution in [0.2, 0.25) is 0 Å². The second-order valence-electron chi connectivity index (χ2n) is 4.65. The van der Waals surface area contributed by atoms with Gasteiger partial charge in [-0.25, -0.2) is 0 Å². The number of ether oxygens (including phenoxy) is 1. The van der Waals surface area contributed by atoms with E-state index < -0.39 is 5.91 Å². The Bertz CT molecular complexity index is 627. The molecule has 6 heteroatoms. The highest BCUT2D eigenvalue weighted by Gasteiger charge is 2.07. The summed E-state index contributed by atoms with van der Waals surface area (Å²) in [4.78, 5) is 27.1. The van der Waals surface area contributed by atoms with Crippen molar-refractivity contribution in [3.05, 3.63) is 59.9 Å². The van der Waals surface area contributed by atoms with Crippen molar-refractivity contribution in [2.75, 3.05) is 6.61 Å². The number of aryl methyl sites for hydroxylation is 1. The number of carbonyl (C=O) groups excluding carboxylic acids is 2. The van der Waals surface area contributed by atoms with Crippen LogP contribution in [0.15, 0.2) is 48.8 Å². The van der Waals surface area contributed by atoms with Gasteiger partial charge in [-0.3, -0.25) is 25.4 Å². The number of carbonyl (C=O) groups is 2. The van der Waals surface area contributed by atoms with Gasteiger partial charge in [-0.05, 0) is 31.2 Å². The van der Waals surface area contributed by atoms with Crippen molar-refractivity contribution in [3.63, 3.8) is 0 Å². The smallest absolute Gasteiger partial charge is 0.269 e. The fraction of sp³-hybridized carbons (Fsp3) is 0.188. The highest BCUT2D eigenvalue weighted by molar-refractivity contribution is 5.95. The zero-order valence-electron chi connectivity index (χ0n) is 12.2. The number of rotatable bonds is 5. The van der Waals surface area contributed by atoms with Crippen molar-refractivity contribution in [1.29, 1.82) is 0 Å². The quantitative estimate of drug-likeness (QED) is 0.822. The van der Waals surface area contributed by atoms with Gasteiger partial charge in [0.1, 0.15) is 5.75 Å². The molecule has 0 radical (unpaired) electrons. The van der Waals surface area contributed by atoms with E-state index in [9.17, 15) is 9.59 Å². The van der Waals surface area contributed by atoms with Gasteiger partial charge < -0.3 is 4.74 Å². The van der Waals surface area contributed by atoms with Gasteiger partial charge in [0, 0.05) is 18.0 Å². The number of hydrogen-bond donors (Lipinski definition) is 2. The third-order valence-electron chi connectivity index (χ3n) is 2.88. The molecular formula is C16H17N3O3. The van der Waals surface area contributed by atoms with Crippen molar-refractivity contribution in [2.24, 2.45) is 0 Å². The molecule has 0 saturated heterocycles. The molecule has 1 aromatic carbocycles. The van der Waals surface area contributed by atoms with Crippen LogP contribution in [0.4, 0.5) is 0 Å². The number of nitrogens with zero attached hydrogens (tertiary/aromatic N) is 1. The lowest BCUT2D eigenvalue weighted by Gasteiger charge is -2.08. The Morgan fingerprint density at radius 3 is 2.41 bits per heavy atom. The lowest BCUT2D eigenvalue weighted by atomic mass is 10.2. The molecular weight excluding hydrogens is 282 g/mol. The summed E-state index contributed by atoms with van der Waals surface area (Å²) in [7, 11) is 0. The molecule has 6 nitrogen and oxygen atoms in total. The summed E-state index contributed by atoms with van der Waals surface area (Å²) in [6.45, 7) is 2.22. The monoisotopic (exact) mass is 299 g/mol. The Kier molecular flexibility index (Phi) is 5.48. The van der Waals surface area contributed by atoms with Crippen molar-refractivity contribution in [1.82, 2.24) is 15.8 Å². The molecule has 0 aliphatic rings. The van der Waals surface area contributed by atoms with E-state index in [1.165, 1.54) is 12.4 Å². The third kappa shape index (κ3) is 4.90. The molecule has 0 fully saturated rings. The molecule has 1 aromatic heterocycles. The third-order valence-corrected chi connectivity index (χ3v) is 2.88. The number of hydrazine groups is 1. The molecule has 0 spiro atoms. The van der Waals surface area contributed by atoms with Crippen LogP contribution >= 0.6 is 0 Å². The topological polar surface area (TPSA) is 80.3 Å². The average molecular weight is 299 g/mol. The van der Waals surface area contributed by atoms with Crippen molar-refractivity contribution < 1.29 is 14.3 Å². The van der Waals surface area contributed by atoms with E-state index in [-0.39, 0.29) is 18.9 Å². The molecule has 0 saturated carbocycles. The first-order valence-electron chi connectivity index (χ1n) is 6.84. The molecule has 0 aliphatic carbocycles. The van der Waals surface area contributed by atoms with Gasteiger partial charge in [0.15, 0.2) is 0 Å². The van der Waals surface area contributed by atoms with Gasteiger partial charge >= 0.3 is 0 Å². The lowest BCUT2D eigenvalue weighted by Crippen LogP contribution is -2.42. The highest BCUT2D eigenvalue weighted by Crippen LogP contribution is 2.11. The minimum absolute atomic E-state index is 0.143. The summed E-state index contributed by atoms with van der Waals surface area (Å²) < 4.78 is 5.44. The van der Waals surface area contributed by atoms with E-state index in [4.69, 9.17) is 4.74 Å². The number of aromatic nitrogens is 1. The molecule has 2 aromatic rings. The summed E-state index contributed by atoms with van der Waals surface area (Å²) in [6, 6.07) is 10.7. The van der Waals surface area contributed by atoms with Crippen molar-refractivity contribution in [3.8, 4) is 5.75 Å². The summed E-state index contributed by atoms with van der Waals surface area (Å²) in [5.74, 6) is -0.0102. The fourth-order valence-corrected chi connectivity index (χ4v) is 1.66. The number of hydrogen-bond acceptors (Lipinski definition) is 4. The minimum atomic E-state index is -0.393. The Hall–Kier alpha value is -2.89. The number of benzene rings is 1. The molecule has 22 heavy (non-hydrogen) atoms. The van der Waals surface area contributed by atoms with Crippen molar-refractivity contribution >= 4 is 11.8 Å². The summed E-state index contributed by atoms with van der Waals surface area (Å²) >= 11 is 0. The Morgan fingerprint density at radius 1 is 1.05 bits per heavy atom. The van der Waals surface area contributed by atoms with E-state index in [1.807, 2.05) is 31.2 Å². The zero-order chi connectivity index (χ0) is 15.8. The first-order valence-corrected chi connectivity index (χ1v) is 6.84. The Labute approximate surface area is 128 Å².